The van der Waals surface area contributed by atoms with E-state index in [0.717, 1.165) is 0 Å². The summed E-state index contributed by atoms with van der Waals surface area (Å²) in [4.78, 5) is 0. The van der Waals surface area contributed by atoms with Crippen molar-refractivity contribution < 1.29 is 9.47 Å². The summed E-state index contributed by atoms with van der Waals surface area (Å²) in [5.41, 5.74) is 5.61. The van der Waals surface area contributed by atoms with Gasteiger partial charge in [0, 0.05) is 0 Å². The molecule has 0 aliphatic heterocycles. The number of rotatable bonds is 7. The number of ether oxygens (including phenoxy) is 2. The highest BCUT2D eigenvalue weighted by Crippen LogP contribution is 1.97. The van der Waals surface area contributed by atoms with Gasteiger partial charge in [0.1, 0.15) is 6.23 Å². The molecule has 12 heavy (non-hydrogen) atoms. The molecule has 2 atom stereocenters. The van der Waals surface area contributed by atoms with Crippen LogP contribution in [0.5, 0.6) is 0 Å². The number of hydrogen-bond donors (Lipinski definition) is 1. The molecule has 0 spiro atoms. The quantitative estimate of drug-likeness (QED) is 0.460. The van der Waals surface area contributed by atoms with E-state index in [1.54, 1.807) is 12.2 Å². The molecule has 0 rings (SSSR count). The third kappa shape index (κ3) is 5.07. The second-order valence-electron chi connectivity index (χ2n) is 2.41. The van der Waals surface area contributed by atoms with E-state index in [1.165, 1.54) is 0 Å². The minimum absolute atomic E-state index is 0.122. The first-order valence-electron chi connectivity index (χ1n) is 3.93. The van der Waals surface area contributed by atoms with E-state index in [-0.39, 0.29) is 6.10 Å². The third-order valence-electron chi connectivity index (χ3n) is 1.35. The fourth-order valence-electron chi connectivity index (χ4n) is 0.629. The lowest BCUT2D eigenvalue weighted by Crippen LogP contribution is -2.37. The summed E-state index contributed by atoms with van der Waals surface area (Å²) in [6.07, 6.45) is 2.81. The zero-order valence-electron chi connectivity index (χ0n) is 7.53. The molecular formula is C9H17NO2. The van der Waals surface area contributed by atoms with Gasteiger partial charge >= 0.3 is 0 Å². The van der Waals surface area contributed by atoms with Gasteiger partial charge in [-0.25, -0.2) is 0 Å². The second-order valence-corrected chi connectivity index (χ2v) is 2.41. The van der Waals surface area contributed by atoms with Gasteiger partial charge in [0.15, 0.2) is 0 Å². The minimum atomic E-state index is -0.400. The summed E-state index contributed by atoms with van der Waals surface area (Å²) in [7, 11) is 0. The Bertz CT molecular complexity index is 120. The van der Waals surface area contributed by atoms with E-state index in [1.807, 2.05) is 6.92 Å². The molecule has 3 heteroatoms. The Morgan fingerprint density at radius 3 is 2.25 bits per heavy atom. The van der Waals surface area contributed by atoms with E-state index < -0.39 is 6.23 Å². The van der Waals surface area contributed by atoms with Crippen molar-refractivity contribution in [3.63, 3.8) is 0 Å². The molecule has 0 saturated carbocycles. The summed E-state index contributed by atoms with van der Waals surface area (Å²) in [6, 6.07) is 0. The van der Waals surface area contributed by atoms with Crippen LogP contribution >= 0.6 is 0 Å². The van der Waals surface area contributed by atoms with Crippen LogP contribution in [0.1, 0.15) is 6.92 Å². The smallest absolute Gasteiger partial charge is 0.132 e. The van der Waals surface area contributed by atoms with Crippen LogP contribution in [0.15, 0.2) is 25.3 Å². The molecule has 0 radical (unpaired) electrons. The normalized spacial score (nSPS) is 15.2. The Hall–Kier alpha value is -0.640. The molecule has 2 unspecified atom stereocenters. The zero-order valence-corrected chi connectivity index (χ0v) is 7.53. The van der Waals surface area contributed by atoms with Crippen molar-refractivity contribution in [2.75, 3.05) is 13.2 Å². The van der Waals surface area contributed by atoms with Crippen molar-refractivity contribution in [2.45, 2.75) is 19.3 Å². The zero-order chi connectivity index (χ0) is 9.40. The Balaban J connectivity index is 3.52. The van der Waals surface area contributed by atoms with Crippen molar-refractivity contribution in [1.82, 2.24) is 0 Å². The molecule has 0 aromatic rings. The van der Waals surface area contributed by atoms with Crippen molar-refractivity contribution in [3.8, 4) is 0 Å². The topological polar surface area (TPSA) is 44.5 Å². The maximum absolute atomic E-state index is 5.61. The Morgan fingerprint density at radius 2 is 1.75 bits per heavy atom. The van der Waals surface area contributed by atoms with Gasteiger partial charge in [-0.2, -0.15) is 0 Å². The fraction of sp³-hybridized carbons (Fsp3) is 0.556. The fourth-order valence-corrected chi connectivity index (χ4v) is 0.629. The number of nitrogens with two attached hydrogens (primary N) is 1. The lowest BCUT2D eigenvalue weighted by molar-refractivity contribution is -0.0458. The maximum Gasteiger partial charge on any atom is 0.132 e. The summed E-state index contributed by atoms with van der Waals surface area (Å²) in [5, 5.41) is 0. The molecule has 0 aromatic heterocycles. The number of hydrogen-bond acceptors (Lipinski definition) is 3. The van der Waals surface area contributed by atoms with Crippen molar-refractivity contribution in [1.29, 1.82) is 0 Å². The van der Waals surface area contributed by atoms with Crippen molar-refractivity contribution in [2.24, 2.45) is 5.73 Å². The highest BCUT2D eigenvalue weighted by molar-refractivity contribution is 4.69. The molecule has 0 heterocycles. The van der Waals surface area contributed by atoms with Crippen LogP contribution in [0.25, 0.3) is 0 Å². The van der Waals surface area contributed by atoms with Crippen LogP contribution in [-0.2, 0) is 9.47 Å². The lowest BCUT2D eigenvalue weighted by Gasteiger charge is -2.19. The third-order valence-corrected chi connectivity index (χ3v) is 1.35. The Labute approximate surface area is 73.8 Å². The Kier molecular flexibility index (Phi) is 6.66. The molecule has 0 saturated heterocycles. The highest BCUT2D eigenvalue weighted by atomic mass is 16.5. The van der Waals surface area contributed by atoms with Gasteiger partial charge in [0.05, 0.1) is 19.3 Å². The molecule has 0 aliphatic rings. The maximum atomic E-state index is 5.61. The first-order valence-corrected chi connectivity index (χ1v) is 3.93. The van der Waals surface area contributed by atoms with E-state index >= 15 is 0 Å². The highest BCUT2D eigenvalue weighted by Gasteiger charge is 2.11. The van der Waals surface area contributed by atoms with Crippen LogP contribution in [0.4, 0.5) is 0 Å². The molecule has 0 aromatic carbocycles. The SMILES string of the molecule is C=CCOC(C)C(N)OCC=C. The van der Waals surface area contributed by atoms with Gasteiger partial charge in [-0.3, -0.25) is 0 Å². The molecule has 70 valence electrons. The van der Waals surface area contributed by atoms with E-state index in [0.29, 0.717) is 13.2 Å². The van der Waals surface area contributed by atoms with E-state index in [4.69, 9.17) is 15.2 Å². The molecule has 0 fully saturated rings. The van der Waals surface area contributed by atoms with Gasteiger partial charge in [-0.1, -0.05) is 12.2 Å². The monoisotopic (exact) mass is 171 g/mol. The molecular weight excluding hydrogens is 154 g/mol. The predicted octanol–water partition coefficient (Wildman–Crippen LogP) is 1.06. The summed E-state index contributed by atoms with van der Waals surface area (Å²) in [5.74, 6) is 0. The average molecular weight is 171 g/mol. The van der Waals surface area contributed by atoms with Gasteiger partial charge < -0.3 is 15.2 Å². The first-order chi connectivity index (χ1) is 5.72. The molecule has 0 amide bonds. The summed E-state index contributed by atoms with van der Waals surface area (Å²) < 4.78 is 10.4. The van der Waals surface area contributed by atoms with Crippen LogP contribution < -0.4 is 5.73 Å². The van der Waals surface area contributed by atoms with Gasteiger partial charge in [0.25, 0.3) is 0 Å². The van der Waals surface area contributed by atoms with Crippen LogP contribution in [0, 0.1) is 0 Å². The molecule has 0 aliphatic carbocycles. The lowest BCUT2D eigenvalue weighted by atomic mass is 10.3. The predicted molar refractivity (Wildman–Crippen MR) is 49.7 cm³/mol. The summed E-state index contributed by atoms with van der Waals surface area (Å²) >= 11 is 0. The van der Waals surface area contributed by atoms with Crippen molar-refractivity contribution >= 4 is 0 Å². The van der Waals surface area contributed by atoms with E-state index in [9.17, 15) is 0 Å². The molecule has 3 nitrogen and oxygen atoms in total. The first kappa shape index (κ1) is 11.4. The molecule has 2 N–H and O–H groups in total. The largest absolute Gasteiger partial charge is 0.370 e. The van der Waals surface area contributed by atoms with Crippen LogP contribution in [0.2, 0.25) is 0 Å². The standard InChI is InChI=1S/C9H17NO2/c1-4-6-11-8(3)9(10)12-7-5-2/h4-5,8-9H,1-2,6-7,10H2,3H3. The van der Waals surface area contributed by atoms with Crippen LogP contribution in [-0.4, -0.2) is 25.5 Å². The van der Waals surface area contributed by atoms with E-state index in [2.05, 4.69) is 13.2 Å². The second kappa shape index (κ2) is 7.03. The average Bonchev–Trinajstić information content (AvgIpc) is 2.10. The van der Waals surface area contributed by atoms with Gasteiger partial charge in [-0.05, 0) is 6.92 Å². The van der Waals surface area contributed by atoms with Gasteiger partial charge in [-0.15, -0.1) is 13.2 Å². The Morgan fingerprint density at radius 1 is 1.25 bits per heavy atom. The van der Waals surface area contributed by atoms with Gasteiger partial charge in [0.2, 0.25) is 0 Å². The van der Waals surface area contributed by atoms with Crippen molar-refractivity contribution in [3.05, 3.63) is 25.3 Å². The molecule has 0 bridgehead atoms. The van der Waals surface area contributed by atoms with Crippen LogP contribution in [0.3, 0.4) is 0 Å². The summed E-state index contributed by atoms with van der Waals surface area (Å²) in [6.45, 7) is 9.85. The minimum Gasteiger partial charge on any atom is -0.370 e.